The van der Waals surface area contributed by atoms with Gasteiger partial charge in [-0.3, -0.25) is 0 Å². The van der Waals surface area contributed by atoms with E-state index in [1.54, 1.807) is 0 Å². The number of ether oxygens (including phenoxy) is 2. The SMILES string of the molecule is CC(C)=CCC[C@@]1(C)Oc2c(ccc3ccccc23)[C@@H]2c3ccccc3OC[C@@H]21. The fourth-order valence-corrected chi connectivity index (χ4v) is 5.09. The van der Waals surface area contributed by atoms with Crippen molar-refractivity contribution in [2.45, 2.75) is 45.1 Å². The Hall–Kier alpha value is -2.74. The molecule has 0 fully saturated rings. The van der Waals surface area contributed by atoms with E-state index in [1.807, 2.05) is 0 Å². The van der Waals surface area contributed by atoms with E-state index in [4.69, 9.17) is 9.47 Å². The van der Waals surface area contributed by atoms with Gasteiger partial charge in [0.25, 0.3) is 0 Å². The molecular formula is C27H28O2. The zero-order valence-electron chi connectivity index (χ0n) is 17.4. The highest BCUT2D eigenvalue weighted by atomic mass is 16.5. The van der Waals surface area contributed by atoms with Gasteiger partial charge < -0.3 is 9.47 Å². The largest absolute Gasteiger partial charge is 0.493 e. The Kier molecular flexibility index (Phi) is 4.38. The molecule has 2 aliphatic heterocycles. The third-order valence-corrected chi connectivity index (χ3v) is 6.63. The second-order valence-corrected chi connectivity index (χ2v) is 8.87. The van der Waals surface area contributed by atoms with Crippen LogP contribution in [0.15, 0.2) is 72.3 Å². The van der Waals surface area contributed by atoms with Gasteiger partial charge in [0.2, 0.25) is 0 Å². The van der Waals surface area contributed by atoms with Crippen LogP contribution < -0.4 is 9.47 Å². The van der Waals surface area contributed by atoms with E-state index in [1.165, 1.54) is 27.5 Å². The lowest BCUT2D eigenvalue weighted by atomic mass is 9.67. The zero-order valence-corrected chi connectivity index (χ0v) is 17.4. The molecule has 3 aromatic carbocycles. The van der Waals surface area contributed by atoms with Gasteiger partial charge in [-0.15, -0.1) is 0 Å². The van der Waals surface area contributed by atoms with Crippen molar-refractivity contribution < 1.29 is 9.47 Å². The highest BCUT2D eigenvalue weighted by Gasteiger charge is 2.50. The van der Waals surface area contributed by atoms with Crippen LogP contribution in [0.5, 0.6) is 11.5 Å². The molecular weight excluding hydrogens is 356 g/mol. The van der Waals surface area contributed by atoms with Crippen LogP contribution in [0.2, 0.25) is 0 Å². The Morgan fingerprint density at radius 2 is 1.79 bits per heavy atom. The van der Waals surface area contributed by atoms with Crippen molar-refractivity contribution >= 4 is 10.8 Å². The van der Waals surface area contributed by atoms with Gasteiger partial charge in [0.15, 0.2) is 0 Å². The number of benzene rings is 3. The molecule has 0 aliphatic carbocycles. The van der Waals surface area contributed by atoms with E-state index in [-0.39, 0.29) is 11.5 Å². The molecule has 0 bridgehead atoms. The number of para-hydroxylation sites is 1. The molecule has 0 saturated carbocycles. The second-order valence-electron chi connectivity index (χ2n) is 8.87. The Morgan fingerprint density at radius 3 is 2.66 bits per heavy atom. The van der Waals surface area contributed by atoms with Crippen molar-refractivity contribution in [3.63, 3.8) is 0 Å². The summed E-state index contributed by atoms with van der Waals surface area (Å²) >= 11 is 0. The molecule has 3 atom stereocenters. The second kappa shape index (κ2) is 6.95. The summed E-state index contributed by atoms with van der Waals surface area (Å²) in [4.78, 5) is 0. The first-order chi connectivity index (χ1) is 14.1. The molecule has 0 saturated heterocycles. The lowest BCUT2D eigenvalue weighted by Gasteiger charge is -2.49. The average Bonchev–Trinajstić information content (AvgIpc) is 2.73. The average molecular weight is 385 g/mol. The third-order valence-electron chi connectivity index (χ3n) is 6.63. The summed E-state index contributed by atoms with van der Waals surface area (Å²) in [5.41, 5.74) is 3.67. The lowest BCUT2D eigenvalue weighted by Crippen LogP contribution is -2.51. The van der Waals surface area contributed by atoms with Crippen LogP contribution in [-0.4, -0.2) is 12.2 Å². The normalized spacial score (nSPS) is 24.5. The van der Waals surface area contributed by atoms with Crippen molar-refractivity contribution in [1.29, 1.82) is 0 Å². The molecule has 2 heterocycles. The summed E-state index contributed by atoms with van der Waals surface area (Å²) in [6.07, 6.45) is 4.32. The standard InChI is InChI=1S/C27H28O2/c1-18(2)9-8-16-27(3)23-17-28-24-13-7-6-12-21(24)25(23)22-15-14-19-10-4-5-11-20(19)26(22)29-27/h4-7,9-15,23,25H,8,16-17H2,1-3H3/t23-,25-,27+/m0/s1. The van der Waals surface area contributed by atoms with Gasteiger partial charge in [-0.05, 0) is 45.1 Å². The van der Waals surface area contributed by atoms with Crippen molar-refractivity contribution in [3.05, 3.63) is 83.4 Å². The van der Waals surface area contributed by atoms with Gasteiger partial charge in [-0.25, -0.2) is 0 Å². The van der Waals surface area contributed by atoms with E-state index >= 15 is 0 Å². The van der Waals surface area contributed by atoms with Gasteiger partial charge in [-0.1, -0.05) is 66.2 Å². The van der Waals surface area contributed by atoms with E-state index in [0.717, 1.165) is 24.3 Å². The van der Waals surface area contributed by atoms with E-state index < -0.39 is 0 Å². The summed E-state index contributed by atoms with van der Waals surface area (Å²) in [5.74, 6) is 2.66. The maximum atomic E-state index is 6.89. The first-order valence-corrected chi connectivity index (χ1v) is 10.6. The van der Waals surface area contributed by atoms with Gasteiger partial charge >= 0.3 is 0 Å². The highest BCUT2D eigenvalue weighted by molar-refractivity contribution is 5.90. The molecule has 148 valence electrons. The van der Waals surface area contributed by atoms with Crippen molar-refractivity contribution in [1.82, 2.24) is 0 Å². The van der Waals surface area contributed by atoms with E-state index in [0.29, 0.717) is 12.5 Å². The Labute approximate surface area is 173 Å². The Bertz CT molecular complexity index is 1090. The number of allylic oxidation sites excluding steroid dienone is 2. The number of fused-ring (bicyclic) bond motifs is 7. The lowest BCUT2D eigenvalue weighted by molar-refractivity contribution is -0.0320. The van der Waals surface area contributed by atoms with Crippen LogP contribution in [0, 0.1) is 5.92 Å². The van der Waals surface area contributed by atoms with Crippen LogP contribution in [-0.2, 0) is 0 Å². The minimum Gasteiger partial charge on any atom is -0.493 e. The molecule has 2 heteroatoms. The van der Waals surface area contributed by atoms with Crippen LogP contribution >= 0.6 is 0 Å². The van der Waals surface area contributed by atoms with Gasteiger partial charge in [-0.2, -0.15) is 0 Å². The molecule has 5 rings (SSSR count). The molecule has 0 amide bonds. The quantitative estimate of drug-likeness (QED) is 0.458. The zero-order chi connectivity index (χ0) is 20.0. The molecule has 0 radical (unpaired) electrons. The maximum absolute atomic E-state index is 6.89. The number of hydrogen-bond donors (Lipinski definition) is 0. The Balaban J connectivity index is 1.69. The fraction of sp³-hybridized carbons (Fsp3) is 0.333. The minimum absolute atomic E-state index is 0.277. The third kappa shape index (κ3) is 3.02. The number of rotatable bonds is 3. The fourth-order valence-electron chi connectivity index (χ4n) is 5.09. The summed E-state index contributed by atoms with van der Waals surface area (Å²) in [6.45, 7) is 7.30. The minimum atomic E-state index is -0.277. The number of hydrogen-bond acceptors (Lipinski definition) is 2. The van der Waals surface area contributed by atoms with Crippen LogP contribution in [0.25, 0.3) is 10.8 Å². The van der Waals surface area contributed by atoms with Crippen LogP contribution in [0.4, 0.5) is 0 Å². The predicted molar refractivity (Wildman–Crippen MR) is 119 cm³/mol. The van der Waals surface area contributed by atoms with Gasteiger partial charge in [0, 0.05) is 28.3 Å². The molecule has 2 nitrogen and oxygen atoms in total. The van der Waals surface area contributed by atoms with Crippen LogP contribution in [0.1, 0.15) is 50.7 Å². The summed E-state index contributed by atoms with van der Waals surface area (Å²) in [5, 5.41) is 2.44. The maximum Gasteiger partial charge on any atom is 0.131 e. The van der Waals surface area contributed by atoms with Gasteiger partial charge in [0.05, 0.1) is 6.61 Å². The molecule has 29 heavy (non-hydrogen) atoms. The molecule has 0 unspecified atom stereocenters. The summed E-state index contributed by atoms with van der Waals surface area (Å²) < 4.78 is 13.1. The summed E-state index contributed by atoms with van der Waals surface area (Å²) in [6, 6.07) is 21.6. The predicted octanol–water partition coefficient (Wildman–Crippen LogP) is 6.88. The van der Waals surface area contributed by atoms with E-state index in [2.05, 4.69) is 87.5 Å². The van der Waals surface area contributed by atoms with Crippen molar-refractivity contribution in [3.8, 4) is 11.5 Å². The first-order valence-electron chi connectivity index (χ1n) is 10.6. The monoisotopic (exact) mass is 384 g/mol. The van der Waals surface area contributed by atoms with Gasteiger partial charge in [0.1, 0.15) is 17.1 Å². The summed E-state index contributed by atoms with van der Waals surface area (Å²) in [7, 11) is 0. The molecule has 0 aromatic heterocycles. The topological polar surface area (TPSA) is 18.5 Å². The molecule has 0 spiro atoms. The van der Waals surface area contributed by atoms with E-state index in [9.17, 15) is 0 Å². The molecule has 0 N–H and O–H groups in total. The molecule has 2 aliphatic rings. The molecule has 3 aromatic rings. The van der Waals surface area contributed by atoms with Crippen molar-refractivity contribution in [2.24, 2.45) is 5.92 Å². The Morgan fingerprint density at radius 1 is 1.00 bits per heavy atom. The first kappa shape index (κ1) is 18.3. The van der Waals surface area contributed by atoms with Crippen molar-refractivity contribution in [2.75, 3.05) is 6.61 Å². The highest BCUT2D eigenvalue weighted by Crippen LogP contribution is 2.55. The smallest absolute Gasteiger partial charge is 0.131 e. The van der Waals surface area contributed by atoms with Crippen LogP contribution in [0.3, 0.4) is 0 Å².